The maximum atomic E-state index is 3.74. The van der Waals surface area contributed by atoms with Gasteiger partial charge in [0.25, 0.3) is 0 Å². The van der Waals surface area contributed by atoms with Gasteiger partial charge in [0, 0.05) is 15.4 Å². The minimum Gasteiger partial charge on any atom is -0.314 e. The molecule has 3 heteroatoms. The molecule has 1 aromatic rings. The number of hydrogen-bond donors (Lipinski definition) is 1. The molecule has 0 aromatic carbocycles. The van der Waals surface area contributed by atoms with E-state index in [1.54, 1.807) is 4.88 Å². The molecule has 0 radical (unpaired) electrons. The van der Waals surface area contributed by atoms with Crippen molar-refractivity contribution in [3.63, 3.8) is 0 Å². The van der Waals surface area contributed by atoms with Gasteiger partial charge in [-0.1, -0.05) is 12.8 Å². The molecule has 0 aliphatic heterocycles. The Balaban J connectivity index is 1.58. The van der Waals surface area contributed by atoms with E-state index in [1.165, 1.54) is 56.0 Å². The first-order valence-electron chi connectivity index (χ1n) is 7.28. The van der Waals surface area contributed by atoms with Gasteiger partial charge in [0.2, 0.25) is 0 Å². The van der Waals surface area contributed by atoms with Crippen molar-refractivity contribution in [1.82, 2.24) is 5.32 Å². The maximum Gasteiger partial charge on any atom is 0.0314 e. The second-order valence-corrected chi connectivity index (χ2v) is 7.74. The zero-order valence-corrected chi connectivity index (χ0v) is 13.2. The predicted octanol–water partition coefficient (Wildman–Crippen LogP) is 4.61. The van der Waals surface area contributed by atoms with Gasteiger partial charge in [-0.3, -0.25) is 0 Å². The second-order valence-electron chi connectivity index (χ2n) is 5.88. The molecular weight excluding hydrogens is 306 g/mol. The summed E-state index contributed by atoms with van der Waals surface area (Å²) in [5, 5.41) is 5.95. The normalized spacial score (nSPS) is 28.5. The third-order valence-corrected chi connectivity index (χ3v) is 6.40. The van der Waals surface area contributed by atoms with Crippen molar-refractivity contribution >= 4 is 27.3 Å². The van der Waals surface area contributed by atoms with E-state index in [2.05, 4.69) is 32.7 Å². The van der Waals surface area contributed by atoms with E-state index < -0.39 is 0 Å². The lowest BCUT2D eigenvalue weighted by Gasteiger charge is -2.31. The summed E-state index contributed by atoms with van der Waals surface area (Å²) in [6.45, 7) is 1.26. The molecule has 0 saturated heterocycles. The summed E-state index contributed by atoms with van der Waals surface area (Å²) >= 11 is 5.59. The molecule has 3 rings (SSSR count). The Morgan fingerprint density at radius 2 is 1.94 bits per heavy atom. The van der Waals surface area contributed by atoms with Crippen molar-refractivity contribution in [2.75, 3.05) is 6.54 Å². The van der Waals surface area contributed by atoms with E-state index in [0.717, 1.165) is 17.9 Å². The van der Waals surface area contributed by atoms with Gasteiger partial charge in [0.15, 0.2) is 0 Å². The smallest absolute Gasteiger partial charge is 0.0314 e. The largest absolute Gasteiger partial charge is 0.314 e. The van der Waals surface area contributed by atoms with Crippen LogP contribution in [0.1, 0.15) is 43.4 Å². The van der Waals surface area contributed by atoms with E-state index in [1.807, 2.05) is 11.3 Å². The first-order chi connectivity index (χ1) is 8.83. The SMILES string of the molecule is Brc1ccsc1CC1CCCCC1CNC1CC1. The van der Waals surface area contributed by atoms with Crippen LogP contribution in [0.5, 0.6) is 0 Å². The van der Waals surface area contributed by atoms with Crippen LogP contribution in [0.3, 0.4) is 0 Å². The summed E-state index contributed by atoms with van der Waals surface area (Å²) in [5.74, 6) is 1.81. The standard InChI is InChI=1S/C15H22BrNS/c16-14-7-8-18-15(14)9-11-3-1-2-4-12(11)10-17-13-5-6-13/h7-8,11-13,17H,1-6,9-10H2. The number of hydrogen-bond acceptors (Lipinski definition) is 2. The predicted molar refractivity (Wildman–Crippen MR) is 82.2 cm³/mol. The zero-order valence-electron chi connectivity index (χ0n) is 10.8. The monoisotopic (exact) mass is 327 g/mol. The van der Waals surface area contributed by atoms with Gasteiger partial charge in [-0.2, -0.15) is 0 Å². The summed E-state index contributed by atoms with van der Waals surface area (Å²) in [6.07, 6.45) is 9.86. The molecule has 1 aromatic heterocycles. The van der Waals surface area contributed by atoms with Gasteiger partial charge in [-0.05, 0) is 77.9 Å². The van der Waals surface area contributed by atoms with Crippen LogP contribution in [0.25, 0.3) is 0 Å². The molecule has 100 valence electrons. The second kappa shape index (κ2) is 6.06. The molecular formula is C15H22BrNS. The molecule has 0 bridgehead atoms. The molecule has 2 atom stereocenters. The lowest BCUT2D eigenvalue weighted by atomic mass is 9.77. The van der Waals surface area contributed by atoms with Crippen molar-refractivity contribution in [3.8, 4) is 0 Å². The molecule has 1 heterocycles. The summed E-state index contributed by atoms with van der Waals surface area (Å²) < 4.78 is 1.33. The number of thiophene rings is 1. The fraction of sp³-hybridized carbons (Fsp3) is 0.733. The fourth-order valence-electron chi connectivity index (χ4n) is 3.14. The molecule has 2 saturated carbocycles. The van der Waals surface area contributed by atoms with E-state index >= 15 is 0 Å². The van der Waals surface area contributed by atoms with Gasteiger partial charge in [-0.15, -0.1) is 11.3 Å². The minimum absolute atomic E-state index is 0.862. The average Bonchev–Trinajstić information content (AvgIpc) is 3.13. The fourth-order valence-corrected chi connectivity index (χ4v) is 4.74. The van der Waals surface area contributed by atoms with Crippen molar-refractivity contribution in [2.24, 2.45) is 11.8 Å². The molecule has 2 aliphatic carbocycles. The van der Waals surface area contributed by atoms with Gasteiger partial charge in [0.05, 0.1) is 0 Å². The van der Waals surface area contributed by atoms with Crippen LogP contribution in [-0.4, -0.2) is 12.6 Å². The molecule has 2 unspecified atom stereocenters. The summed E-state index contributed by atoms with van der Waals surface area (Å²) in [7, 11) is 0. The van der Waals surface area contributed by atoms with E-state index in [0.29, 0.717) is 0 Å². The van der Waals surface area contributed by atoms with E-state index in [-0.39, 0.29) is 0 Å². The molecule has 18 heavy (non-hydrogen) atoms. The van der Waals surface area contributed by atoms with E-state index in [9.17, 15) is 0 Å². The highest BCUT2D eigenvalue weighted by Gasteiger charge is 2.28. The number of rotatable bonds is 5. The Labute approximate surface area is 122 Å². The Kier molecular flexibility index (Phi) is 4.42. The molecule has 1 nitrogen and oxygen atoms in total. The quantitative estimate of drug-likeness (QED) is 0.832. The Morgan fingerprint density at radius 1 is 1.17 bits per heavy atom. The highest BCUT2D eigenvalue weighted by molar-refractivity contribution is 9.10. The summed E-state index contributed by atoms with van der Waals surface area (Å²) in [5.41, 5.74) is 0. The Bertz CT molecular complexity index is 386. The van der Waals surface area contributed by atoms with Crippen molar-refractivity contribution < 1.29 is 0 Å². The van der Waals surface area contributed by atoms with Crippen LogP contribution in [0.4, 0.5) is 0 Å². The third-order valence-electron chi connectivity index (χ3n) is 4.45. The van der Waals surface area contributed by atoms with Gasteiger partial charge in [0.1, 0.15) is 0 Å². The van der Waals surface area contributed by atoms with Crippen LogP contribution in [-0.2, 0) is 6.42 Å². The topological polar surface area (TPSA) is 12.0 Å². The van der Waals surface area contributed by atoms with Crippen LogP contribution >= 0.6 is 27.3 Å². The van der Waals surface area contributed by atoms with Gasteiger partial charge in [-0.25, -0.2) is 0 Å². The van der Waals surface area contributed by atoms with Crippen molar-refractivity contribution in [2.45, 2.75) is 51.0 Å². The molecule has 2 aliphatic rings. The highest BCUT2D eigenvalue weighted by Crippen LogP contribution is 2.36. The maximum absolute atomic E-state index is 3.74. The van der Waals surface area contributed by atoms with Crippen LogP contribution in [0, 0.1) is 11.8 Å². The molecule has 0 amide bonds. The zero-order chi connectivity index (χ0) is 12.4. The van der Waals surface area contributed by atoms with E-state index in [4.69, 9.17) is 0 Å². The van der Waals surface area contributed by atoms with Crippen LogP contribution in [0.2, 0.25) is 0 Å². The Morgan fingerprint density at radius 3 is 2.61 bits per heavy atom. The summed E-state index contributed by atoms with van der Waals surface area (Å²) in [4.78, 5) is 1.55. The number of nitrogens with one attached hydrogen (secondary N) is 1. The van der Waals surface area contributed by atoms with Crippen molar-refractivity contribution in [1.29, 1.82) is 0 Å². The lowest BCUT2D eigenvalue weighted by Crippen LogP contribution is -2.32. The minimum atomic E-state index is 0.862. The van der Waals surface area contributed by atoms with Crippen molar-refractivity contribution in [3.05, 3.63) is 20.8 Å². The van der Waals surface area contributed by atoms with Crippen LogP contribution in [0.15, 0.2) is 15.9 Å². The summed E-state index contributed by atoms with van der Waals surface area (Å²) in [6, 6.07) is 3.06. The van der Waals surface area contributed by atoms with Gasteiger partial charge >= 0.3 is 0 Å². The first-order valence-corrected chi connectivity index (χ1v) is 8.95. The van der Waals surface area contributed by atoms with Crippen LogP contribution < -0.4 is 5.32 Å². The Hall–Kier alpha value is 0.140. The molecule has 1 N–H and O–H groups in total. The average molecular weight is 328 g/mol. The third kappa shape index (κ3) is 3.37. The lowest BCUT2D eigenvalue weighted by molar-refractivity contribution is 0.229. The van der Waals surface area contributed by atoms with Gasteiger partial charge < -0.3 is 5.32 Å². The highest BCUT2D eigenvalue weighted by atomic mass is 79.9. The molecule has 2 fully saturated rings. The number of halogens is 1. The molecule has 0 spiro atoms. The first kappa shape index (κ1) is 13.1.